The molecule has 470 valence electrons. The second-order valence-corrected chi connectivity index (χ2v) is 24.7. The number of aliphatic hydroxyl groups is 1. The monoisotopic (exact) mass is 1210 g/mol. The van der Waals surface area contributed by atoms with Crippen molar-refractivity contribution in [3.63, 3.8) is 0 Å². The Labute approximate surface area is 504 Å². The Hall–Kier alpha value is -8.18. The molecule has 0 aromatic heterocycles. The summed E-state index contributed by atoms with van der Waals surface area (Å²) >= 11 is 0. The molecule has 5 heterocycles. The van der Waals surface area contributed by atoms with Gasteiger partial charge in [-0.3, -0.25) is 38.5 Å². The number of aromatic nitrogens is 1. The van der Waals surface area contributed by atoms with E-state index < -0.39 is 123 Å². The maximum absolute atomic E-state index is 15.1. The number of phenols is 2. The number of benzene rings is 3. The first-order valence-electron chi connectivity index (χ1n) is 29.4. The van der Waals surface area contributed by atoms with E-state index in [0.717, 1.165) is 19.6 Å². The molecule has 0 radical (unpaired) electrons. The van der Waals surface area contributed by atoms with Crippen molar-refractivity contribution in [1.29, 1.82) is 0 Å². The summed E-state index contributed by atoms with van der Waals surface area (Å²) < 4.78 is 36.6. The number of carbonyl (C=O) groups is 8. The van der Waals surface area contributed by atoms with Crippen molar-refractivity contribution in [1.82, 2.24) is 15.2 Å². The zero-order valence-electron chi connectivity index (χ0n) is 51.6. The van der Waals surface area contributed by atoms with Crippen LogP contribution in [-0.4, -0.2) is 143 Å². The first kappa shape index (κ1) is 66.3. The number of ketones is 1. The number of aldehydes is 2. The third kappa shape index (κ3) is 14.8. The smallest absolute Gasteiger partial charge is 0.312 e. The number of piperazine rings is 1. The van der Waals surface area contributed by atoms with Crippen LogP contribution in [0.5, 0.6) is 17.2 Å². The summed E-state index contributed by atoms with van der Waals surface area (Å²) in [6.07, 6.45) is 3.61. The van der Waals surface area contributed by atoms with E-state index in [-0.39, 0.29) is 94.6 Å². The van der Waals surface area contributed by atoms with Crippen LogP contribution >= 0.6 is 0 Å². The number of fused-ring (bicyclic) bond motifs is 14. The lowest BCUT2D eigenvalue weighted by molar-refractivity contribution is -0.166. The minimum Gasteiger partial charge on any atom is -0.507 e. The van der Waals surface area contributed by atoms with Gasteiger partial charge >= 0.3 is 23.7 Å². The standard InChI is InChI=1S/C64H81N5O18/c1-32(2)28-68-20-22-69(23-21-68)42-25-43(73)51-44(26-42)85-60-52(66-51)48-49-55(78)39(9)59-50(48)61(80)64(13,87-59)83-24-19-33(3)36(6)58(84-40(10)72)38(8)54(77)37(7)57(34(4)15-14-16-35(5)62(81)67-53(60)56(49)79)86-47(76)27-63(11,12)31-82-46(75)18-17-45(74)65-41(29-70)30-71/h14-16,19,24-26,29-30,32-34,36-38,41,54,57-58,73,77-78H,17-18,20-23,27-28,31H2,1-13H3,(H,65,74)(H,67,81)/b15-14+,24-19+,35-16-/t33-,34-,36+,37-,38+,54+,57-,58+,64-/m0/s1. The average Bonchev–Trinajstić information content (AvgIpc) is 1.70. The van der Waals surface area contributed by atoms with Crippen LogP contribution in [0.3, 0.4) is 0 Å². The number of carbonyl (C=O) groups excluding carboxylic acids is 8. The van der Waals surface area contributed by atoms with E-state index in [1.807, 2.05) is 6.92 Å². The van der Waals surface area contributed by atoms with Crippen LogP contribution in [0, 0.1) is 47.8 Å². The number of ether oxygens (including phenoxy) is 5. The summed E-state index contributed by atoms with van der Waals surface area (Å²) in [5, 5.41) is 40.3. The lowest BCUT2D eigenvalue weighted by Crippen LogP contribution is -2.47. The predicted octanol–water partition coefficient (Wildman–Crippen LogP) is 7.23. The number of aromatic hydroxyl groups is 2. The van der Waals surface area contributed by atoms with Crippen LogP contribution in [0.2, 0.25) is 0 Å². The molecule has 5 aliphatic heterocycles. The van der Waals surface area contributed by atoms with Crippen LogP contribution in [0.25, 0.3) is 33.3 Å². The molecule has 1 fully saturated rings. The molecule has 5 N–H and O–H groups in total. The maximum Gasteiger partial charge on any atom is 0.312 e. The van der Waals surface area contributed by atoms with Crippen molar-refractivity contribution in [3.05, 3.63) is 69.6 Å². The van der Waals surface area contributed by atoms with Crippen molar-refractivity contribution in [2.24, 2.45) is 40.9 Å². The van der Waals surface area contributed by atoms with Crippen molar-refractivity contribution >= 4 is 81.3 Å². The predicted molar refractivity (Wildman–Crippen MR) is 321 cm³/mol. The number of nitrogens with zero attached hydrogens (tertiary/aromatic N) is 3. The summed E-state index contributed by atoms with van der Waals surface area (Å²) in [4.78, 5) is 127. The number of aliphatic hydroxyl groups excluding tert-OH is 1. The number of anilines is 2. The molecule has 23 heteroatoms. The molecule has 2 aromatic carbocycles. The molecule has 6 aliphatic rings. The molecule has 2 amide bonds. The number of Topliss-reactive ketones (excluding diaryl/α,β-unsaturated/α-hetero) is 1. The molecule has 9 atom stereocenters. The van der Waals surface area contributed by atoms with E-state index in [1.165, 1.54) is 46.1 Å². The molecule has 0 saturated carbocycles. The summed E-state index contributed by atoms with van der Waals surface area (Å²) in [5.41, 5.74) is -2.08. The highest BCUT2D eigenvalue weighted by molar-refractivity contribution is 6.22. The van der Waals surface area contributed by atoms with Gasteiger partial charge in [0.25, 0.3) is 11.7 Å². The van der Waals surface area contributed by atoms with Crippen molar-refractivity contribution in [3.8, 4) is 28.7 Å². The number of hydrogen-bond acceptors (Lipinski definition) is 21. The SMILES string of the molecule is CC(=O)O[C@H]1[C@H](C)[C@H](O)[C@H](C)[C@@H](OC(=O)CC(C)(C)COC(=O)CCC(=O)NC(C=O)C=O)[C@@H](C)/C=C/C=C(/C)C(=O)Nc2c3oc4cc(N5CCN(CC(C)C)CC5)cc(O)c4nc-3c3c4c(c(C)c(O)c3c2=O)O[C@](C)(O/C=C/[C@H](C)[C@H]1C)C4=O. The van der Waals surface area contributed by atoms with Gasteiger partial charge in [0.15, 0.2) is 11.3 Å². The Morgan fingerprint density at radius 3 is 2.21 bits per heavy atom. The highest BCUT2D eigenvalue weighted by atomic mass is 16.7. The average molecular weight is 1210 g/mol. The van der Waals surface area contributed by atoms with Gasteiger partial charge in [-0.1, -0.05) is 80.5 Å². The van der Waals surface area contributed by atoms with Gasteiger partial charge in [-0.05, 0) is 37.7 Å². The van der Waals surface area contributed by atoms with Crippen molar-refractivity contribution in [2.45, 2.75) is 139 Å². The van der Waals surface area contributed by atoms with Crippen LogP contribution in [-0.2, 0) is 52.5 Å². The number of hydrogen-bond donors (Lipinski definition) is 5. The van der Waals surface area contributed by atoms with E-state index >= 15 is 4.79 Å². The normalized spacial score (nSPS) is 25.6. The molecule has 2 aromatic rings. The molecule has 23 nitrogen and oxygen atoms in total. The topological polar surface area (TPSA) is 317 Å². The van der Waals surface area contributed by atoms with Gasteiger partial charge in [0.1, 0.15) is 65.0 Å². The molecule has 0 spiro atoms. The number of rotatable bonds is 15. The van der Waals surface area contributed by atoms with E-state index in [2.05, 4.69) is 34.3 Å². The molecule has 1 aliphatic carbocycles. The van der Waals surface area contributed by atoms with E-state index in [0.29, 0.717) is 24.7 Å². The number of phenolic OH excluding ortho intramolecular Hbond substituents is 2. The molecule has 87 heavy (non-hydrogen) atoms. The van der Waals surface area contributed by atoms with E-state index in [1.54, 1.807) is 65.8 Å². The zero-order chi connectivity index (χ0) is 64.1. The quantitative estimate of drug-likeness (QED) is 0.0196. The summed E-state index contributed by atoms with van der Waals surface area (Å²) in [6.45, 7) is 25.3. The minimum atomic E-state index is -2.11. The second kappa shape index (κ2) is 27.2. The third-order valence-corrected chi connectivity index (χ3v) is 16.6. The fraction of sp³-hybridized carbons (Fsp3) is 0.531. The Bertz CT molecular complexity index is 3440. The van der Waals surface area contributed by atoms with Gasteiger partial charge in [0.05, 0.1) is 42.8 Å². The molecular formula is C64H81N5O18. The van der Waals surface area contributed by atoms with E-state index in [9.17, 15) is 53.7 Å². The van der Waals surface area contributed by atoms with E-state index in [4.69, 9.17) is 33.1 Å². The number of allylic oxidation sites excluding steroid dienone is 3. The first-order chi connectivity index (χ1) is 40.9. The van der Waals surface area contributed by atoms with Gasteiger partial charge in [0, 0.05) is 111 Å². The zero-order valence-corrected chi connectivity index (χ0v) is 51.6. The molecule has 0 unspecified atom stereocenters. The van der Waals surface area contributed by atoms with Crippen molar-refractivity contribution < 1.29 is 81.8 Å². The number of nitrogens with one attached hydrogen (secondary N) is 2. The molecular weight excluding hydrogens is 1130 g/mol. The van der Waals surface area contributed by atoms with Gasteiger partial charge in [0.2, 0.25) is 11.3 Å². The largest absolute Gasteiger partial charge is 0.507 e. The van der Waals surface area contributed by atoms with Gasteiger partial charge in [-0.2, -0.15) is 0 Å². The third-order valence-electron chi connectivity index (χ3n) is 16.6. The highest BCUT2D eigenvalue weighted by Gasteiger charge is 2.50. The summed E-state index contributed by atoms with van der Waals surface area (Å²) in [6, 6.07) is 1.88. The van der Waals surface area contributed by atoms with Crippen LogP contribution in [0.1, 0.15) is 118 Å². The number of amides is 2. The van der Waals surface area contributed by atoms with Gasteiger partial charge < -0.3 is 68.5 Å². The van der Waals surface area contributed by atoms with Crippen LogP contribution < -0.4 is 25.7 Å². The second-order valence-electron chi connectivity index (χ2n) is 24.7. The first-order valence-corrected chi connectivity index (χ1v) is 29.4. The number of esters is 3. The van der Waals surface area contributed by atoms with Crippen LogP contribution in [0.15, 0.2) is 57.5 Å². The lowest BCUT2D eigenvalue weighted by Gasteiger charge is -2.39. The van der Waals surface area contributed by atoms with Gasteiger partial charge in [-0.25, -0.2) is 4.98 Å². The Morgan fingerprint density at radius 1 is 0.897 bits per heavy atom. The molecule has 5 bridgehead atoms. The van der Waals surface area contributed by atoms with Crippen LogP contribution in [0.4, 0.5) is 11.4 Å². The minimum absolute atomic E-state index is 0.00173. The fourth-order valence-corrected chi connectivity index (χ4v) is 11.4. The lowest BCUT2D eigenvalue weighted by atomic mass is 9.76. The highest BCUT2D eigenvalue weighted by Crippen LogP contribution is 2.51. The van der Waals surface area contributed by atoms with Gasteiger partial charge in [-0.15, -0.1) is 0 Å². The molecule has 8 rings (SSSR count). The Kier molecular flexibility index (Phi) is 20.8. The van der Waals surface area contributed by atoms with Crippen molar-refractivity contribution in [2.75, 3.05) is 49.5 Å². The Morgan fingerprint density at radius 2 is 1.56 bits per heavy atom. The fourth-order valence-electron chi connectivity index (χ4n) is 11.4. The maximum atomic E-state index is 15.1. The summed E-state index contributed by atoms with van der Waals surface area (Å²) in [5.74, 6) is -10.7. The Balaban J connectivity index is 1.29. The molecule has 1 saturated heterocycles. The summed E-state index contributed by atoms with van der Waals surface area (Å²) in [7, 11) is 0.